The van der Waals surface area contributed by atoms with E-state index >= 15 is 0 Å². The van der Waals surface area contributed by atoms with Crippen LogP contribution in [0, 0.1) is 0 Å². The van der Waals surface area contributed by atoms with E-state index in [0.29, 0.717) is 13.0 Å². The first-order chi connectivity index (χ1) is 7.29. The van der Waals surface area contributed by atoms with Gasteiger partial charge < -0.3 is 14.7 Å². The summed E-state index contributed by atoms with van der Waals surface area (Å²) in [6.45, 7) is 0.226. The number of carbonyl (C=O) groups excluding carboxylic acids is 1. The number of hydrogen-bond donors (Lipinski definition) is 1. The van der Waals surface area contributed by atoms with Crippen LogP contribution in [0.5, 0.6) is 0 Å². The zero-order valence-electron chi connectivity index (χ0n) is 8.21. The van der Waals surface area contributed by atoms with E-state index in [1.807, 2.05) is 0 Å². The van der Waals surface area contributed by atoms with Crippen molar-refractivity contribution in [3.63, 3.8) is 0 Å². The summed E-state index contributed by atoms with van der Waals surface area (Å²) in [4.78, 5) is 12.8. The molecule has 1 heterocycles. The summed E-state index contributed by atoms with van der Waals surface area (Å²) in [5, 5.41) is 9.13. The van der Waals surface area contributed by atoms with Crippen molar-refractivity contribution in [2.24, 2.45) is 0 Å². The molecule has 0 radical (unpaired) electrons. The Balaban J connectivity index is 2.38. The van der Waals surface area contributed by atoms with E-state index in [4.69, 9.17) is 51.1 Å². The van der Waals surface area contributed by atoms with Gasteiger partial charge in [-0.1, -0.05) is 34.8 Å². The predicted molar refractivity (Wildman–Crippen MR) is 63.5 cm³/mol. The fourth-order valence-corrected chi connectivity index (χ4v) is 1.64. The van der Waals surface area contributed by atoms with Crippen molar-refractivity contribution in [2.45, 2.75) is 21.7 Å². The summed E-state index contributed by atoms with van der Waals surface area (Å²) < 4.78 is 3.14. The summed E-state index contributed by atoms with van der Waals surface area (Å²) in [6, 6.07) is 0. The van der Waals surface area contributed by atoms with Crippen molar-refractivity contribution in [1.82, 2.24) is 4.90 Å². The molecule has 1 aliphatic rings. The molecule has 1 rings (SSSR count). The number of likely N-dealkylation sites (tertiary alicyclic amines) is 1. The van der Waals surface area contributed by atoms with E-state index in [1.54, 1.807) is 0 Å². The number of ether oxygens (including phenoxy) is 1. The second-order valence-electron chi connectivity index (χ2n) is 3.49. The molecule has 1 fully saturated rings. The fraction of sp³-hybridized carbons (Fsp3) is 0.875. The Bertz CT molecular complexity index is 258. The lowest BCUT2D eigenvalue weighted by Crippen LogP contribution is -2.47. The van der Waals surface area contributed by atoms with Gasteiger partial charge in [-0.25, -0.2) is 4.79 Å². The van der Waals surface area contributed by atoms with Crippen LogP contribution in [0.2, 0.25) is 0 Å². The lowest BCUT2D eigenvalue weighted by Gasteiger charge is -2.32. The molecule has 2 unspecified atom stereocenters. The van der Waals surface area contributed by atoms with Crippen LogP contribution in [0.25, 0.3) is 0 Å². The predicted octanol–water partition coefficient (Wildman–Crippen LogP) is 2.17. The molecule has 1 aliphatic heterocycles. The number of halogens is 4. The molecule has 0 spiro atoms. The Morgan fingerprint density at radius 2 is 2.12 bits per heavy atom. The molecule has 94 valence electrons. The first-order valence-electron chi connectivity index (χ1n) is 4.60. The lowest BCUT2D eigenvalue weighted by atomic mass is 10.1. The van der Waals surface area contributed by atoms with Crippen LogP contribution < -0.4 is 0 Å². The van der Waals surface area contributed by atoms with Crippen LogP contribution in [-0.2, 0) is 4.74 Å². The van der Waals surface area contributed by atoms with E-state index in [0.717, 1.165) is 0 Å². The Morgan fingerprint density at radius 1 is 1.50 bits per heavy atom. The monoisotopic (exact) mass is 309 g/mol. The van der Waals surface area contributed by atoms with Crippen LogP contribution in [0.1, 0.15) is 6.42 Å². The number of nitrogens with zero attached hydrogens (tertiary/aromatic N) is 1. The summed E-state index contributed by atoms with van der Waals surface area (Å²) in [7, 11) is 0. The van der Waals surface area contributed by atoms with Gasteiger partial charge in [0.2, 0.25) is 3.79 Å². The second kappa shape index (κ2) is 5.83. The minimum absolute atomic E-state index is 0.132. The molecule has 0 aromatic rings. The molecule has 0 saturated carbocycles. The van der Waals surface area contributed by atoms with Gasteiger partial charge >= 0.3 is 6.09 Å². The number of alkyl halides is 4. The van der Waals surface area contributed by atoms with Gasteiger partial charge in [-0.05, 0) is 6.42 Å². The number of β-amino-alcohol motifs (C(OH)–C–C–N with tert-alkyl or cyclic N) is 1. The van der Waals surface area contributed by atoms with Gasteiger partial charge in [0.1, 0.15) is 6.61 Å². The van der Waals surface area contributed by atoms with Crippen molar-refractivity contribution in [3.8, 4) is 0 Å². The highest BCUT2D eigenvalue weighted by atomic mass is 35.6. The fourth-order valence-electron chi connectivity index (χ4n) is 1.30. The number of aliphatic hydroxyl groups is 1. The van der Waals surface area contributed by atoms with Crippen LogP contribution in [0.15, 0.2) is 0 Å². The molecule has 2 atom stereocenters. The van der Waals surface area contributed by atoms with Crippen molar-refractivity contribution < 1.29 is 14.6 Å². The zero-order valence-corrected chi connectivity index (χ0v) is 11.2. The standard InChI is InChI=1S/C8H11Cl4NO3/c9-5-1-2-13(3-6(5)14)7(15)16-4-8(10,11)12/h5-6,14H,1-4H2. The van der Waals surface area contributed by atoms with E-state index in [2.05, 4.69) is 0 Å². The molecular formula is C8H11Cl4NO3. The molecular weight excluding hydrogens is 300 g/mol. The van der Waals surface area contributed by atoms with E-state index in [9.17, 15) is 9.90 Å². The Morgan fingerprint density at radius 3 is 2.62 bits per heavy atom. The third kappa shape index (κ3) is 4.72. The number of rotatable bonds is 1. The number of piperidine rings is 1. The van der Waals surface area contributed by atoms with Gasteiger partial charge in [0, 0.05) is 6.54 Å². The Hall–Kier alpha value is 0.390. The highest BCUT2D eigenvalue weighted by molar-refractivity contribution is 6.67. The van der Waals surface area contributed by atoms with Crippen LogP contribution in [0.3, 0.4) is 0 Å². The molecule has 0 aromatic heterocycles. The molecule has 0 aromatic carbocycles. The van der Waals surface area contributed by atoms with Crippen molar-refractivity contribution in [1.29, 1.82) is 0 Å². The van der Waals surface area contributed by atoms with Crippen LogP contribution in [-0.4, -0.2) is 51.1 Å². The highest BCUT2D eigenvalue weighted by Gasteiger charge is 2.31. The first-order valence-corrected chi connectivity index (χ1v) is 6.17. The molecule has 0 bridgehead atoms. The molecule has 16 heavy (non-hydrogen) atoms. The Kier molecular flexibility index (Phi) is 5.26. The minimum Gasteiger partial charge on any atom is -0.445 e. The smallest absolute Gasteiger partial charge is 0.409 e. The van der Waals surface area contributed by atoms with Gasteiger partial charge in [-0.3, -0.25) is 0 Å². The average Bonchev–Trinajstić information content (AvgIpc) is 2.17. The average molecular weight is 311 g/mol. The molecule has 4 nitrogen and oxygen atoms in total. The largest absolute Gasteiger partial charge is 0.445 e. The van der Waals surface area contributed by atoms with E-state index < -0.39 is 16.0 Å². The topological polar surface area (TPSA) is 49.8 Å². The highest BCUT2D eigenvalue weighted by Crippen LogP contribution is 2.26. The minimum atomic E-state index is -1.63. The third-order valence-corrected chi connectivity index (χ3v) is 2.95. The quantitative estimate of drug-likeness (QED) is 0.755. The maximum Gasteiger partial charge on any atom is 0.409 e. The normalized spacial score (nSPS) is 26.7. The number of hydrogen-bond acceptors (Lipinski definition) is 3. The molecule has 8 heteroatoms. The summed E-state index contributed by atoms with van der Waals surface area (Å²) in [5.74, 6) is 0. The van der Waals surface area contributed by atoms with Crippen molar-refractivity contribution >= 4 is 52.5 Å². The first kappa shape index (κ1) is 14.5. The van der Waals surface area contributed by atoms with Gasteiger partial charge in [-0.2, -0.15) is 0 Å². The van der Waals surface area contributed by atoms with Crippen molar-refractivity contribution in [2.75, 3.05) is 19.7 Å². The van der Waals surface area contributed by atoms with Gasteiger partial charge in [0.05, 0.1) is 18.0 Å². The van der Waals surface area contributed by atoms with Gasteiger partial charge in [0.25, 0.3) is 0 Å². The third-order valence-electron chi connectivity index (χ3n) is 2.12. The molecule has 1 saturated heterocycles. The molecule has 1 amide bonds. The van der Waals surface area contributed by atoms with Crippen LogP contribution in [0.4, 0.5) is 4.79 Å². The Labute approximate surface area is 113 Å². The van der Waals surface area contributed by atoms with Gasteiger partial charge in [-0.15, -0.1) is 11.6 Å². The molecule has 1 N–H and O–H groups in total. The lowest BCUT2D eigenvalue weighted by molar-refractivity contribution is 0.0521. The zero-order chi connectivity index (χ0) is 12.3. The van der Waals surface area contributed by atoms with E-state index in [1.165, 1.54) is 4.90 Å². The number of carbonyl (C=O) groups is 1. The van der Waals surface area contributed by atoms with Gasteiger partial charge in [0.15, 0.2) is 0 Å². The summed E-state index contributed by atoms with van der Waals surface area (Å²) >= 11 is 22.1. The van der Waals surface area contributed by atoms with Crippen LogP contribution >= 0.6 is 46.4 Å². The van der Waals surface area contributed by atoms with Crippen molar-refractivity contribution in [3.05, 3.63) is 0 Å². The molecule has 0 aliphatic carbocycles. The maximum absolute atomic E-state index is 11.5. The number of amides is 1. The second-order valence-corrected chi connectivity index (χ2v) is 6.56. The summed E-state index contributed by atoms with van der Waals surface area (Å²) in [5.41, 5.74) is 0. The number of aliphatic hydroxyl groups excluding tert-OH is 1. The SMILES string of the molecule is O=C(OCC(Cl)(Cl)Cl)N1CCC(Cl)C(O)C1. The summed E-state index contributed by atoms with van der Waals surface area (Å²) in [6.07, 6.45) is -0.865. The maximum atomic E-state index is 11.5. The van der Waals surface area contributed by atoms with E-state index in [-0.39, 0.29) is 18.5 Å².